The Kier molecular flexibility index (Phi) is 3.97. The summed E-state index contributed by atoms with van der Waals surface area (Å²) in [6.07, 6.45) is -0.543. The molecular weight excluding hydrogens is 258 g/mol. The number of aliphatic hydroxyl groups is 1. The molecule has 0 spiro atoms. The van der Waals surface area contributed by atoms with Crippen LogP contribution in [0.2, 0.25) is 5.02 Å². The van der Waals surface area contributed by atoms with Gasteiger partial charge in [0.25, 0.3) is 0 Å². The zero-order valence-electron chi connectivity index (χ0n) is 12.2. The van der Waals surface area contributed by atoms with Gasteiger partial charge in [0, 0.05) is 17.1 Å². The molecule has 0 saturated heterocycles. The van der Waals surface area contributed by atoms with Gasteiger partial charge in [-0.2, -0.15) is 0 Å². The van der Waals surface area contributed by atoms with Crippen LogP contribution in [-0.2, 0) is 0 Å². The van der Waals surface area contributed by atoms with Gasteiger partial charge in [-0.25, -0.2) is 0 Å². The number of aliphatic hydroxyl groups excluding tert-OH is 1. The summed E-state index contributed by atoms with van der Waals surface area (Å²) in [5.74, 6) is 0.665. The number of hydrogen-bond acceptors (Lipinski definition) is 2. The molecule has 0 aliphatic heterocycles. The largest absolute Gasteiger partial charge is 0.387 e. The van der Waals surface area contributed by atoms with Crippen molar-refractivity contribution >= 4 is 11.6 Å². The molecule has 1 aliphatic carbocycles. The Morgan fingerprint density at radius 3 is 2.32 bits per heavy atom. The summed E-state index contributed by atoms with van der Waals surface area (Å²) in [6, 6.07) is 7.46. The highest BCUT2D eigenvalue weighted by atomic mass is 35.5. The molecule has 106 valence electrons. The normalized spacial score (nSPS) is 22.2. The van der Waals surface area contributed by atoms with Crippen molar-refractivity contribution < 1.29 is 5.11 Å². The molecule has 1 aromatic rings. The van der Waals surface area contributed by atoms with Crippen LogP contribution in [0, 0.1) is 16.7 Å². The second-order valence-electron chi connectivity index (χ2n) is 6.69. The minimum Gasteiger partial charge on any atom is -0.387 e. The Labute approximate surface area is 121 Å². The van der Waals surface area contributed by atoms with Crippen molar-refractivity contribution in [2.24, 2.45) is 16.7 Å². The van der Waals surface area contributed by atoms with Crippen LogP contribution in [-0.4, -0.2) is 18.2 Å². The third-order valence-corrected chi connectivity index (χ3v) is 5.61. The van der Waals surface area contributed by atoms with E-state index in [9.17, 15) is 5.11 Å². The monoisotopic (exact) mass is 281 g/mol. The molecule has 2 nitrogen and oxygen atoms in total. The van der Waals surface area contributed by atoms with Crippen molar-refractivity contribution in [2.75, 3.05) is 13.1 Å². The number of halogens is 1. The van der Waals surface area contributed by atoms with Crippen LogP contribution in [0.3, 0.4) is 0 Å². The number of benzene rings is 1. The van der Waals surface area contributed by atoms with E-state index in [2.05, 4.69) is 33.0 Å². The molecule has 1 aromatic carbocycles. The highest BCUT2D eigenvalue weighted by Crippen LogP contribution is 2.67. The second kappa shape index (κ2) is 5.08. The van der Waals surface area contributed by atoms with E-state index in [1.807, 2.05) is 24.3 Å². The van der Waals surface area contributed by atoms with Crippen molar-refractivity contribution in [2.45, 2.75) is 33.8 Å². The lowest BCUT2D eigenvalue weighted by molar-refractivity contribution is 0.173. The first-order chi connectivity index (χ1) is 8.78. The van der Waals surface area contributed by atoms with Crippen LogP contribution in [0.5, 0.6) is 0 Å². The van der Waals surface area contributed by atoms with Crippen LogP contribution < -0.4 is 5.32 Å². The van der Waals surface area contributed by atoms with Crippen LogP contribution >= 0.6 is 11.6 Å². The molecule has 1 atom stereocenters. The molecule has 0 heterocycles. The fourth-order valence-electron chi connectivity index (χ4n) is 3.06. The number of hydrogen-bond donors (Lipinski definition) is 2. The fourth-order valence-corrected chi connectivity index (χ4v) is 3.32. The van der Waals surface area contributed by atoms with Crippen LogP contribution in [0.4, 0.5) is 0 Å². The third-order valence-electron chi connectivity index (χ3n) is 5.27. The van der Waals surface area contributed by atoms with Gasteiger partial charge < -0.3 is 10.4 Å². The molecule has 1 saturated carbocycles. The third kappa shape index (κ3) is 2.67. The van der Waals surface area contributed by atoms with Crippen LogP contribution in [0.1, 0.15) is 39.4 Å². The molecule has 3 heteroatoms. The van der Waals surface area contributed by atoms with Gasteiger partial charge in [-0.3, -0.25) is 0 Å². The summed E-state index contributed by atoms with van der Waals surface area (Å²) in [6.45, 7) is 10.7. The van der Waals surface area contributed by atoms with E-state index in [1.54, 1.807) is 0 Å². The first-order valence-corrected chi connectivity index (χ1v) is 7.29. The first kappa shape index (κ1) is 14.8. The van der Waals surface area contributed by atoms with Crippen LogP contribution in [0.25, 0.3) is 0 Å². The molecule has 0 aromatic heterocycles. The number of rotatable bonds is 5. The van der Waals surface area contributed by atoms with Gasteiger partial charge in [0.15, 0.2) is 0 Å². The maximum absolute atomic E-state index is 10.1. The highest BCUT2D eigenvalue weighted by Gasteiger charge is 2.63. The molecule has 0 bridgehead atoms. The van der Waals surface area contributed by atoms with Gasteiger partial charge in [0.05, 0.1) is 6.10 Å². The average Bonchev–Trinajstić information content (AvgIpc) is 2.71. The summed E-state index contributed by atoms with van der Waals surface area (Å²) >= 11 is 6.08. The Bertz CT molecular complexity index is 442. The summed E-state index contributed by atoms with van der Waals surface area (Å²) in [7, 11) is 0. The molecule has 19 heavy (non-hydrogen) atoms. The maximum Gasteiger partial charge on any atom is 0.0928 e. The average molecular weight is 282 g/mol. The zero-order chi connectivity index (χ0) is 14.3. The molecule has 0 amide bonds. The lowest BCUT2D eigenvalue weighted by Gasteiger charge is -2.14. The Hall–Kier alpha value is -0.570. The van der Waals surface area contributed by atoms with E-state index in [0.29, 0.717) is 28.3 Å². The van der Waals surface area contributed by atoms with E-state index in [1.165, 1.54) is 0 Å². The van der Waals surface area contributed by atoms with Gasteiger partial charge in [0.1, 0.15) is 0 Å². The van der Waals surface area contributed by atoms with E-state index in [0.717, 1.165) is 12.1 Å². The lowest BCUT2D eigenvalue weighted by Crippen LogP contribution is -2.25. The van der Waals surface area contributed by atoms with Gasteiger partial charge in [0.2, 0.25) is 0 Å². The minimum absolute atomic E-state index is 0.384. The molecule has 1 unspecified atom stereocenters. The van der Waals surface area contributed by atoms with E-state index >= 15 is 0 Å². The van der Waals surface area contributed by atoms with Gasteiger partial charge in [-0.1, -0.05) is 57.5 Å². The minimum atomic E-state index is -0.543. The smallest absolute Gasteiger partial charge is 0.0928 e. The van der Waals surface area contributed by atoms with Crippen molar-refractivity contribution in [3.05, 3.63) is 34.9 Å². The van der Waals surface area contributed by atoms with Gasteiger partial charge >= 0.3 is 0 Å². The van der Waals surface area contributed by atoms with Crippen LogP contribution in [0.15, 0.2) is 24.3 Å². The maximum atomic E-state index is 10.1. The molecule has 0 radical (unpaired) electrons. The fraction of sp³-hybridized carbons (Fsp3) is 0.625. The SMILES string of the molecule is CC1(C)C(CNCC(O)c2ccccc2Cl)C1(C)C. The summed E-state index contributed by atoms with van der Waals surface area (Å²) < 4.78 is 0. The Morgan fingerprint density at radius 2 is 1.79 bits per heavy atom. The standard InChI is InChI=1S/C16H24ClNO/c1-15(2)14(16(15,3)4)10-18-9-13(19)11-7-5-6-8-12(11)17/h5-8,13-14,18-19H,9-10H2,1-4H3. The van der Waals surface area contributed by atoms with Crippen molar-refractivity contribution in [1.82, 2.24) is 5.32 Å². The van der Waals surface area contributed by atoms with Gasteiger partial charge in [-0.05, 0) is 29.4 Å². The van der Waals surface area contributed by atoms with Crippen molar-refractivity contribution in [1.29, 1.82) is 0 Å². The molecular formula is C16H24ClNO. The summed E-state index contributed by atoms with van der Waals surface area (Å²) in [4.78, 5) is 0. The second-order valence-corrected chi connectivity index (χ2v) is 7.10. The molecule has 2 N–H and O–H groups in total. The first-order valence-electron chi connectivity index (χ1n) is 6.91. The van der Waals surface area contributed by atoms with E-state index in [-0.39, 0.29) is 0 Å². The van der Waals surface area contributed by atoms with Crippen molar-refractivity contribution in [3.63, 3.8) is 0 Å². The predicted octanol–water partition coefficient (Wildman–Crippen LogP) is 3.65. The summed E-state index contributed by atoms with van der Waals surface area (Å²) in [5.41, 5.74) is 1.57. The zero-order valence-corrected chi connectivity index (χ0v) is 13.0. The predicted molar refractivity (Wildman–Crippen MR) is 80.3 cm³/mol. The Morgan fingerprint density at radius 1 is 1.21 bits per heavy atom. The summed E-state index contributed by atoms with van der Waals surface area (Å²) in [5, 5.41) is 14.2. The topological polar surface area (TPSA) is 32.3 Å². The molecule has 2 rings (SSSR count). The lowest BCUT2D eigenvalue weighted by atomic mass is 10.0. The highest BCUT2D eigenvalue weighted by molar-refractivity contribution is 6.31. The van der Waals surface area contributed by atoms with E-state index in [4.69, 9.17) is 11.6 Å². The number of nitrogens with one attached hydrogen (secondary N) is 1. The van der Waals surface area contributed by atoms with Gasteiger partial charge in [-0.15, -0.1) is 0 Å². The van der Waals surface area contributed by atoms with Crippen molar-refractivity contribution in [3.8, 4) is 0 Å². The Balaban J connectivity index is 1.83. The molecule has 1 fully saturated rings. The van der Waals surface area contributed by atoms with E-state index < -0.39 is 6.10 Å². The molecule has 1 aliphatic rings. The quantitative estimate of drug-likeness (QED) is 0.864.